The third kappa shape index (κ3) is 13.1. The van der Waals surface area contributed by atoms with Gasteiger partial charge in [-0.25, -0.2) is 0 Å². The molecule has 3 N–H and O–H groups in total. The van der Waals surface area contributed by atoms with Crippen molar-refractivity contribution in [1.29, 1.82) is 0 Å². The van der Waals surface area contributed by atoms with Crippen molar-refractivity contribution in [3.05, 3.63) is 29.3 Å². The summed E-state index contributed by atoms with van der Waals surface area (Å²) in [7, 11) is -6.48. The number of halogens is 1. The lowest BCUT2D eigenvalue weighted by molar-refractivity contribution is 0.481. The van der Waals surface area contributed by atoms with Crippen LogP contribution < -0.4 is 5.73 Å². The molecule has 0 aliphatic heterocycles. The number of hydrogen-bond acceptors (Lipinski definition) is 6. The standard InChI is InChI=1S/C6H6ClN.C3H7NO5S2/c7-5-2-1-3-6(8)4-5;5-10(6)4-2-1-3-11(7,8)9/h1-4H,8H2;1-3H2,(H,7,8,9). The number of nitrogen functional groups attached to an aromatic ring is 1. The van der Waals surface area contributed by atoms with Gasteiger partial charge < -0.3 is 5.73 Å². The highest BCUT2D eigenvalue weighted by molar-refractivity contribution is 7.85. The zero-order valence-electron chi connectivity index (χ0n) is 9.73. The molecule has 1 rings (SSSR count). The minimum atomic E-state index is -3.98. The number of nitrogens with zero attached hydrogens (tertiary/aromatic N) is 1. The predicted molar refractivity (Wildman–Crippen MR) is 73.1 cm³/mol. The molecule has 0 amide bonds. The fourth-order valence-electron chi connectivity index (χ4n) is 0.893. The van der Waals surface area contributed by atoms with E-state index >= 15 is 0 Å². The molecule has 0 aromatic heterocycles. The van der Waals surface area contributed by atoms with E-state index < -0.39 is 26.4 Å². The number of anilines is 1. The van der Waals surface area contributed by atoms with Crippen molar-refractivity contribution < 1.29 is 21.4 Å². The van der Waals surface area contributed by atoms with E-state index in [0.717, 1.165) is 0 Å². The molecule has 0 saturated heterocycles. The van der Waals surface area contributed by atoms with Gasteiger partial charge in [0.15, 0.2) is 0 Å². The van der Waals surface area contributed by atoms with E-state index in [1.54, 1.807) is 18.2 Å². The molecule has 7 nitrogen and oxygen atoms in total. The molecule has 19 heavy (non-hydrogen) atoms. The maximum absolute atomic E-state index is 10.0. The third-order valence-electron chi connectivity index (χ3n) is 1.61. The monoisotopic (exact) mass is 328 g/mol. The fraction of sp³-hybridized carbons (Fsp3) is 0.333. The minimum absolute atomic E-state index is 0.00676. The first kappa shape index (κ1) is 17.8. The van der Waals surface area contributed by atoms with Crippen LogP contribution in [0.2, 0.25) is 5.02 Å². The second-order valence-electron chi connectivity index (χ2n) is 3.26. The molecule has 0 unspecified atom stereocenters. The van der Waals surface area contributed by atoms with E-state index in [1.165, 1.54) is 0 Å². The van der Waals surface area contributed by atoms with Gasteiger partial charge >= 0.3 is 10.5 Å². The maximum Gasteiger partial charge on any atom is 0.311 e. The molecule has 1 aromatic rings. The van der Waals surface area contributed by atoms with E-state index in [4.69, 9.17) is 21.9 Å². The van der Waals surface area contributed by atoms with Crippen LogP contribution in [0.15, 0.2) is 28.6 Å². The first-order valence-corrected chi connectivity index (χ1v) is 7.95. The average Bonchev–Trinajstić information content (AvgIpc) is 2.23. The molecule has 0 atom stereocenters. The lowest BCUT2D eigenvalue weighted by Crippen LogP contribution is -2.04. The number of nitrogens with two attached hydrogens (primary N) is 1. The minimum Gasteiger partial charge on any atom is -0.399 e. The van der Waals surface area contributed by atoms with Gasteiger partial charge in [0.25, 0.3) is 10.1 Å². The topological polar surface area (TPSA) is 127 Å². The quantitative estimate of drug-likeness (QED) is 0.486. The zero-order valence-corrected chi connectivity index (χ0v) is 12.1. The van der Waals surface area contributed by atoms with Gasteiger partial charge in [-0.1, -0.05) is 17.7 Å². The molecule has 0 bridgehead atoms. The molecule has 1 aromatic carbocycles. The SMILES string of the molecule is Nc1cccc(Cl)c1.O=S(=O)=NCCCS(=O)(=O)O. The van der Waals surface area contributed by atoms with E-state index in [0.29, 0.717) is 10.7 Å². The molecule has 10 heteroatoms. The van der Waals surface area contributed by atoms with Crippen molar-refractivity contribution in [3.8, 4) is 0 Å². The number of hydrogen-bond donors (Lipinski definition) is 2. The van der Waals surface area contributed by atoms with Gasteiger partial charge in [0.1, 0.15) is 0 Å². The Morgan fingerprint density at radius 2 is 2.00 bits per heavy atom. The fourth-order valence-corrected chi connectivity index (χ4v) is 1.86. The highest BCUT2D eigenvalue weighted by Crippen LogP contribution is 2.10. The van der Waals surface area contributed by atoms with Crippen molar-refractivity contribution in [2.24, 2.45) is 4.36 Å². The largest absolute Gasteiger partial charge is 0.399 e. The Bertz CT molecular complexity index is 603. The van der Waals surface area contributed by atoms with E-state index in [1.807, 2.05) is 6.07 Å². The van der Waals surface area contributed by atoms with Gasteiger partial charge in [-0.05, 0) is 24.6 Å². The van der Waals surface area contributed by atoms with Gasteiger partial charge in [0.2, 0.25) is 0 Å². The van der Waals surface area contributed by atoms with E-state index in [-0.39, 0.29) is 13.0 Å². The second kappa shape index (κ2) is 8.86. The van der Waals surface area contributed by atoms with E-state index in [9.17, 15) is 16.8 Å². The van der Waals surface area contributed by atoms with Crippen LogP contribution in [0.4, 0.5) is 5.69 Å². The van der Waals surface area contributed by atoms with Gasteiger partial charge in [0.05, 0.1) is 12.3 Å². The molecular weight excluding hydrogens is 316 g/mol. The molecule has 0 heterocycles. The smallest absolute Gasteiger partial charge is 0.311 e. The lowest BCUT2D eigenvalue weighted by atomic mass is 10.3. The third-order valence-corrected chi connectivity index (χ3v) is 3.04. The zero-order chi connectivity index (χ0) is 14.9. The molecule has 0 fully saturated rings. The van der Waals surface area contributed by atoms with Gasteiger partial charge in [0, 0.05) is 10.7 Å². The Kier molecular flexibility index (Phi) is 8.32. The van der Waals surface area contributed by atoms with Gasteiger partial charge in [-0.2, -0.15) is 21.2 Å². The van der Waals surface area contributed by atoms with Crippen molar-refractivity contribution in [2.45, 2.75) is 6.42 Å². The summed E-state index contributed by atoms with van der Waals surface area (Å²) in [4.78, 5) is 0. The molecule has 0 aliphatic rings. The van der Waals surface area contributed by atoms with Gasteiger partial charge in [-0.15, -0.1) is 0 Å². The van der Waals surface area contributed by atoms with Crippen molar-refractivity contribution in [3.63, 3.8) is 0 Å². The molecular formula is C9H13ClN2O5S2. The first-order valence-electron chi connectivity index (χ1n) is 4.94. The Labute approximate surface area is 117 Å². The van der Waals surface area contributed by atoms with E-state index in [2.05, 4.69) is 4.36 Å². The van der Waals surface area contributed by atoms with Crippen molar-refractivity contribution in [1.82, 2.24) is 0 Å². The van der Waals surface area contributed by atoms with Crippen molar-refractivity contribution in [2.75, 3.05) is 18.0 Å². The van der Waals surface area contributed by atoms with Crippen LogP contribution in [0.1, 0.15) is 6.42 Å². The maximum atomic E-state index is 10.0. The summed E-state index contributed by atoms with van der Waals surface area (Å²) >= 11 is 5.56. The average molecular weight is 329 g/mol. The number of benzene rings is 1. The Morgan fingerprint density at radius 1 is 1.37 bits per heavy atom. The summed E-state index contributed by atoms with van der Waals surface area (Å²) in [6.07, 6.45) is 0.00676. The summed E-state index contributed by atoms with van der Waals surface area (Å²) < 4.78 is 50.7. The Morgan fingerprint density at radius 3 is 2.37 bits per heavy atom. The van der Waals surface area contributed by atoms with Crippen molar-refractivity contribution >= 4 is 37.9 Å². The highest BCUT2D eigenvalue weighted by Gasteiger charge is 2.01. The van der Waals surface area contributed by atoms with Crippen LogP contribution in [-0.4, -0.2) is 33.7 Å². The summed E-state index contributed by atoms with van der Waals surface area (Å²) in [5.74, 6) is -0.465. The summed E-state index contributed by atoms with van der Waals surface area (Å²) in [5.41, 5.74) is 6.08. The predicted octanol–water partition coefficient (Wildman–Crippen LogP) is 1.25. The Hall–Kier alpha value is -1.16. The van der Waals surface area contributed by atoms with Crippen LogP contribution in [0.25, 0.3) is 0 Å². The summed E-state index contributed by atoms with van der Waals surface area (Å²) in [6, 6.07) is 7.11. The summed E-state index contributed by atoms with van der Waals surface area (Å²) in [5, 5.41) is 0.685. The van der Waals surface area contributed by atoms with Crippen LogP contribution in [0.3, 0.4) is 0 Å². The number of rotatable bonds is 4. The molecule has 0 spiro atoms. The van der Waals surface area contributed by atoms with Crippen LogP contribution >= 0.6 is 11.6 Å². The molecule has 0 saturated carbocycles. The van der Waals surface area contributed by atoms with Crippen LogP contribution in [0.5, 0.6) is 0 Å². The van der Waals surface area contributed by atoms with Gasteiger partial charge in [-0.3, -0.25) is 4.55 Å². The summed E-state index contributed by atoms with van der Waals surface area (Å²) in [6.45, 7) is -0.115. The van der Waals surface area contributed by atoms with Crippen LogP contribution in [0, 0.1) is 0 Å². The molecule has 0 radical (unpaired) electrons. The lowest BCUT2D eigenvalue weighted by Gasteiger charge is -1.90. The second-order valence-corrected chi connectivity index (χ2v) is 5.97. The van der Waals surface area contributed by atoms with Crippen LogP contribution in [-0.2, 0) is 20.6 Å². The first-order chi connectivity index (χ1) is 8.70. The normalized spacial score (nSPS) is 10.2. The molecule has 0 aliphatic carbocycles. The highest BCUT2D eigenvalue weighted by atomic mass is 35.5. The Balaban J connectivity index is 0.000000356. The molecule has 108 valence electrons.